The Hall–Kier alpha value is -3.00. The molecule has 3 aromatic rings. The molecule has 0 aliphatic heterocycles. The smallest absolute Gasteiger partial charge is 0.416 e. The van der Waals surface area contributed by atoms with Crippen LogP contribution in [-0.2, 0) is 23.6 Å². The topological polar surface area (TPSA) is 37.3 Å². The Morgan fingerprint density at radius 1 is 0.742 bits per heavy atom. The lowest BCUT2D eigenvalue weighted by Crippen LogP contribution is -2.05. The Morgan fingerprint density at radius 2 is 1.29 bits per heavy atom. The lowest BCUT2D eigenvalue weighted by atomic mass is 9.91. The summed E-state index contributed by atoms with van der Waals surface area (Å²) in [5.41, 5.74) is -0.208. The molecule has 0 radical (unpaired) electrons. The second-order valence-corrected chi connectivity index (χ2v) is 7.13. The largest absolute Gasteiger partial charge is 0.481 e. The molecule has 0 aromatic heterocycles. The Labute approximate surface area is 177 Å². The van der Waals surface area contributed by atoms with Crippen LogP contribution in [0, 0.1) is 0 Å². The Kier molecular flexibility index (Phi) is 6.04. The van der Waals surface area contributed by atoms with E-state index in [1.54, 1.807) is 0 Å². The minimum absolute atomic E-state index is 0.191. The number of carboxylic acids is 1. The maximum absolute atomic E-state index is 13.0. The van der Waals surface area contributed by atoms with Gasteiger partial charge in [0, 0.05) is 10.6 Å². The van der Waals surface area contributed by atoms with E-state index in [1.165, 1.54) is 30.3 Å². The zero-order valence-corrected chi connectivity index (χ0v) is 16.2. The monoisotopic (exact) mass is 458 g/mol. The lowest BCUT2D eigenvalue weighted by Gasteiger charge is -2.16. The summed E-state index contributed by atoms with van der Waals surface area (Å²) in [6.45, 7) is 0. The zero-order valence-electron chi connectivity index (χ0n) is 15.5. The highest BCUT2D eigenvalue weighted by Gasteiger charge is 2.32. The fourth-order valence-corrected chi connectivity index (χ4v) is 3.38. The molecule has 9 heteroatoms. The van der Waals surface area contributed by atoms with Crippen molar-refractivity contribution in [1.82, 2.24) is 0 Å². The van der Waals surface area contributed by atoms with Gasteiger partial charge in [0.2, 0.25) is 0 Å². The molecule has 3 aromatic carbocycles. The highest BCUT2D eigenvalue weighted by atomic mass is 35.5. The van der Waals surface area contributed by atoms with Gasteiger partial charge in [0.05, 0.1) is 17.5 Å². The second-order valence-electron chi connectivity index (χ2n) is 6.72. The third-order valence-electron chi connectivity index (χ3n) is 4.55. The van der Waals surface area contributed by atoms with Gasteiger partial charge in [-0.05, 0) is 52.6 Å². The predicted octanol–water partition coefficient (Wildman–Crippen LogP) is 7.34. The third-order valence-corrected chi connectivity index (χ3v) is 4.86. The van der Waals surface area contributed by atoms with Crippen LogP contribution < -0.4 is 0 Å². The molecule has 0 saturated carbocycles. The minimum Gasteiger partial charge on any atom is -0.481 e. The van der Waals surface area contributed by atoms with Gasteiger partial charge in [0.15, 0.2) is 0 Å². The van der Waals surface area contributed by atoms with Gasteiger partial charge in [0.25, 0.3) is 0 Å². The van der Waals surface area contributed by atoms with Crippen molar-refractivity contribution >= 4 is 17.6 Å². The van der Waals surface area contributed by atoms with Crippen LogP contribution in [0.1, 0.15) is 16.7 Å². The van der Waals surface area contributed by atoms with E-state index in [0.29, 0.717) is 22.3 Å². The van der Waals surface area contributed by atoms with Gasteiger partial charge in [-0.3, -0.25) is 4.79 Å². The summed E-state index contributed by atoms with van der Waals surface area (Å²) in [5.74, 6) is -1.12. The first-order valence-corrected chi connectivity index (χ1v) is 9.13. The van der Waals surface area contributed by atoms with E-state index >= 15 is 0 Å². The van der Waals surface area contributed by atoms with Gasteiger partial charge in [-0.15, -0.1) is 0 Å². The molecule has 0 aliphatic carbocycles. The van der Waals surface area contributed by atoms with Crippen molar-refractivity contribution in [2.24, 2.45) is 0 Å². The van der Waals surface area contributed by atoms with Crippen LogP contribution in [0.3, 0.4) is 0 Å². The van der Waals surface area contributed by atoms with Crippen molar-refractivity contribution in [1.29, 1.82) is 0 Å². The molecule has 1 N–H and O–H groups in total. The number of rotatable bonds is 4. The third kappa shape index (κ3) is 5.19. The van der Waals surface area contributed by atoms with Crippen LogP contribution in [0.4, 0.5) is 26.3 Å². The number of carboxylic acid groups (broad SMARTS) is 1. The van der Waals surface area contributed by atoms with Crippen molar-refractivity contribution in [2.45, 2.75) is 18.8 Å². The molecule has 0 atom stereocenters. The molecule has 0 bridgehead atoms. The summed E-state index contributed by atoms with van der Waals surface area (Å²) in [6.07, 6.45) is -9.48. The molecule has 0 fully saturated rings. The van der Waals surface area contributed by atoms with E-state index in [4.69, 9.17) is 16.7 Å². The standard InChI is InChI=1S/C22H13ClF6O2/c23-19-11-15(22(27,28)29)6-8-17(19)18-9-12(10-20(30)31)1-7-16(18)13-2-4-14(5-3-13)21(24,25)26/h1-9,11H,10H2,(H,30,31). The molecule has 0 saturated heterocycles. The molecule has 0 aliphatic rings. The van der Waals surface area contributed by atoms with Crippen LogP contribution in [0.2, 0.25) is 5.02 Å². The van der Waals surface area contributed by atoms with Gasteiger partial charge in [-0.25, -0.2) is 0 Å². The Bertz CT molecular complexity index is 1120. The molecule has 0 unspecified atom stereocenters. The van der Waals surface area contributed by atoms with Gasteiger partial charge < -0.3 is 5.11 Å². The van der Waals surface area contributed by atoms with E-state index in [1.807, 2.05) is 0 Å². The van der Waals surface area contributed by atoms with Crippen molar-refractivity contribution in [3.05, 3.63) is 82.4 Å². The van der Waals surface area contributed by atoms with Gasteiger partial charge in [0.1, 0.15) is 0 Å². The van der Waals surface area contributed by atoms with Crippen LogP contribution in [-0.4, -0.2) is 11.1 Å². The SMILES string of the molecule is O=C(O)Cc1ccc(-c2ccc(C(F)(F)F)cc2)c(-c2ccc(C(F)(F)F)cc2Cl)c1. The molecular weight excluding hydrogens is 446 g/mol. The fraction of sp³-hybridized carbons (Fsp3) is 0.136. The highest BCUT2D eigenvalue weighted by molar-refractivity contribution is 6.33. The summed E-state index contributed by atoms with van der Waals surface area (Å²) in [6, 6.07) is 11.4. The number of carbonyl (C=O) groups is 1. The van der Waals surface area contributed by atoms with E-state index in [-0.39, 0.29) is 17.0 Å². The average molecular weight is 459 g/mol. The van der Waals surface area contributed by atoms with Crippen LogP contribution >= 0.6 is 11.6 Å². The second kappa shape index (κ2) is 8.26. The maximum atomic E-state index is 13.0. The van der Waals surface area contributed by atoms with Crippen LogP contribution in [0.25, 0.3) is 22.3 Å². The van der Waals surface area contributed by atoms with Crippen molar-refractivity contribution in [2.75, 3.05) is 0 Å². The van der Waals surface area contributed by atoms with Crippen molar-refractivity contribution in [3.8, 4) is 22.3 Å². The summed E-state index contributed by atoms with van der Waals surface area (Å²) in [7, 11) is 0. The number of benzene rings is 3. The number of hydrogen-bond acceptors (Lipinski definition) is 1. The highest BCUT2D eigenvalue weighted by Crippen LogP contribution is 2.40. The number of halogens is 7. The summed E-state index contributed by atoms with van der Waals surface area (Å²) < 4.78 is 77.5. The van der Waals surface area contributed by atoms with Crippen molar-refractivity contribution in [3.63, 3.8) is 0 Å². The maximum Gasteiger partial charge on any atom is 0.416 e. The molecule has 31 heavy (non-hydrogen) atoms. The average Bonchev–Trinajstić information content (AvgIpc) is 2.66. The minimum atomic E-state index is -4.61. The molecule has 0 heterocycles. The fourth-order valence-electron chi connectivity index (χ4n) is 3.10. The molecule has 162 valence electrons. The summed E-state index contributed by atoms with van der Waals surface area (Å²) >= 11 is 6.11. The van der Waals surface area contributed by atoms with Crippen LogP contribution in [0.15, 0.2) is 60.7 Å². The molecule has 0 spiro atoms. The van der Waals surface area contributed by atoms with E-state index in [0.717, 1.165) is 30.3 Å². The summed E-state index contributed by atoms with van der Waals surface area (Å²) in [5, 5.41) is 8.82. The molecule has 2 nitrogen and oxygen atoms in total. The summed E-state index contributed by atoms with van der Waals surface area (Å²) in [4.78, 5) is 11.1. The van der Waals surface area contributed by atoms with Gasteiger partial charge in [-0.1, -0.05) is 41.9 Å². The molecular formula is C22H13ClF6O2. The lowest BCUT2D eigenvalue weighted by molar-refractivity contribution is -0.138. The normalized spacial score (nSPS) is 12.1. The quantitative estimate of drug-likeness (QED) is 0.415. The van der Waals surface area contributed by atoms with Crippen LogP contribution in [0.5, 0.6) is 0 Å². The number of hydrogen-bond donors (Lipinski definition) is 1. The number of alkyl halides is 6. The first-order chi connectivity index (χ1) is 14.4. The van der Waals surface area contributed by atoms with E-state index in [2.05, 4.69) is 0 Å². The Morgan fingerprint density at radius 3 is 1.81 bits per heavy atom. The van der Waals surface area contributed by atoms with Gasteiger partial charge in [-0.2, -0.15) is 26.3 Å². The molecule has 3 rings (SSSR count). The zero-order chi connectivity index (χ0) is 23.0. The van der Waals surface area contributed by atoms with Crippen molar-refractivity contribution < 1.29 is 36.2 Å². The first kappa shape index (κ1) is 22.7. The first-order valence-electron chi connectivity index (χ1n) is 8.76. The molecule has 0 amide bonds. The Balaban J connectivity index is 2.16. The van der Waals surface area contributed by atoms with Gasteiger partial charge >= 0.3 is 18.3 Å². The van der Waals surface area contributed by atoms with E-state index < -0.39 is 29.4 Å². The van der Waals surface area contributed by atoms with E-state index in [9.17, 15) is 31.1 Å². The predicted molar refractivity (Wildman–Crippen MR) is 104 cm³/mol. The number of aliphatic carboxylic acids is 1.